The first-order chi connectivity index (χ1) is 11.2. The molecule has 0 spiro atoms. The summed E-state index contributed by atoms with van der Waals surface area (Å²) >= 11 is 0. The minimum atomic E-state index is -0.250. The first kappa shape index (κ1) is 15.8. The topological polar surface area (TPSA) is 21.7 Å². The third kappa shape index (κ3) is 3.48. The molecule has 0 saturated carbocycles. The number of hydrogen-bond acceptors (Lipinski definition) is 3. The summed E-state index contributed by atoms with van der Waals surface area (Å²) in [6, 6.07) is 11.7. The SMILES string of the molecule is COc1cc(F)c(CN2CCCc3ccccc3C2)cc1OC. The maximum Gasteiger partial charge on any atom is 0.163 e. The molecule has 3 rings (SSSR count). The molecule has 0 bridgehead atoms. The third-order valence-corrected chi connectivity index (χ3v) is 4.38. The van der Waals surface area contributed by atoms with E-state index in [0.29, 0.717) is 23.6 Å². The number of methoxy groups -OCH3 is 2. The highest BCUT2D eigenvalue weighted by atomic mass is 19.1. The fourth-order valence-electron chi connectivity index (χ4n) is 3.16. The van der Waals surface area contributed by atoms with Crippen LogP contribution in [0, 0.1) is 5.82 Å². The molecule has 0 amide bonds. The van der Waals surface area contributed by atoms with Crippen molar-refractivity contribution in [1.82, 2.24) is 4.90 Å². The van der Waals surface area contributed by atoms with Crippen LogP contribution in [0.5, 0.6) is 11.5 Å². The van der Waals surface area contributed by atoms with Crippen molar-refractivity contribution < 1.29 is 13.9 Å². The summed E-state index contributed by atoms with van der Waals surface area (Å²) < 4.78 is 24.8. The summed E-state index contributed by atoms with van der Waals surface area (Å²) in [5, 5.41) is 0. The van der Waals surface area contributed by atoms with Crippen LogP contribution in [0.4, 0.5) is 4.39 Å². The Kier molecular flexibility index (Phi) is 4.82. The highest BCUT2D eigenvalue weighted by Crippen LogP contribution is 2.31. The zero-order chi connectivity index (χ0) is 16.2. The summed E-state index contributed by atoms with van der Waals surface area (Å²) in [7, 11) is 3.09. The average Bonchev–Trinajstić information content (AvgIpc) is 2.77. The normalized spacial score (nSPS) is 14.9. The van der Waals surface area contributed by atoms with Crippen molar-refractivity contribution in [2.45, 2.75) is 25.9 Å². The number of fused-ring (bicyclic) bond motifs is 1. The van der Waals surface area contributed by atoms with E-state index in [2.05, 4.69) is 29.2 Å². The molecule has 0 atom stereocenters. The molecule has 0 fully saturated rings. The van der Waals surface area contributed by atoms with Crippen molar-refractivity contribution in [1.29, 1.82) is 0 Å². The van der Waals surface area contributed by atoms with E-state index in [1.54, 1.807) is 13.2 Å². The van der Waals surface area contributed by atoms with Crippen LogP contribution in [0.3, 0.4) is 0 Å². The summed E-state index contributed by atoms with van der Waals surface area (Å²) in [6.45, 7) is 2.38. The largest absolute Gasteiger partial charge is 0.493 e. The van der Waals surface area contributed by atoms with E-state index in [9.17, 15) is 4.39 Å². The Labute approximate surface area is 136 Å². The quantitative estimate of drug-likeness (QED) is 0.857. The van der Waals surface area contributed by atoms with Crippen LogP contribution < -0.4 is 9.47 Å². The predicted molar refractivity (Wildman–Crippen MR) is 88.4 cm³/mol. The lowest BCUT2D eigenvalue weighted by molar-refractivity contribution is 0.256. The van der Waals surface area contributed by atoms with Gasteiger partial charge in [-0.05, 0) is 36.6 Å². The van der Waals surface area contributed by atoms with Gasteiger partial charge in [-0.1, -0.05) is 24.3 Å². The third-order valence-electron chi connectivity index (χ3n) is 4.38. The van der Waals surface area contributed by atoms with Crippen LogP contribution in [0.25, 0.3) is 0 Å². The highest BCUT2D eigenvalue weighted by Gasteiger charge is 2.17. The second-order valence-electron chi connectivity index (χ2n) is 5.88. The minimum Gasteiger partial charge on any atom is -0.493 e. The van der Waals surface area contributed by atoms with Gasteiger partial charge in [-0.15, -0.1) is 0 Å². The molecule has 4 heteroatoms. The van der Waals surface area contributed by atoms with Gasteiger partial charge in [-0.25, -0.2) is 4.39 Å². The molecule has 0 saturated heterocycles. The number of benzene rings is 2. The van der Waals surface area contributed by atoms with Gasteiger partial charge in [0.25, 0.3) is 0 Å². The number of nitrogens with zero attached hydrogens (tertiary/aromatic N) is 1. The molecule has 0 N–H and O–H groups in total. The molecule has 1 aliphatic rings. The molecule has 1 heterocycles. The smallest absolute Gasteiger partial charge is 0.163 e. The van der Waals surface area contributed by atoms with Gasteiger partial charge in [0.15, 0.2) is 11.5 Å². The molecule has 3 nitrogen and oxygen atoms in total. The number of aryl methyl sites for hydroxylation is 1. The van der Waals surface area contributed by atoms with E-state index >= 15 is 0 Å². The lowest BCUT2D eigenvalue weighted by Gasteiger charge is -2.21. The summed E-state index contributed by atoms with van der Waals surface area (Å²) in [5.74, 6) is 0.745. The first-order valence-electron chi connectivity index (χ1n) is 7.91. The standard InChI is InChI=1S/C19H22FNO2/c1-22-18-10-16(17(20)11-19(18)23-2)13-21-9-5-8-14-6-3-4-7-15(14)12-21/h3-4,6-7,10-11H,5,8-9,12-13H2,1-2H3. The maximum absolute atomic E-state index is 14.3. The fraction of sp³-hybridized carbons (Fsp3) is 0.368. The van der Waals surface area contributed by atoms with E-state index < -0.39 is 0 Å². The Bertz CT molecular complexity index is 687. The zero-order valence-corrected chi connectivity index (χ0v) is 13.6. The van der Waals surface area contributed by atoms with Gasteiger partial charge >= 0.3 is 0 Å². The van der Waals surface area contributed by atoms with E-state index in [1.165, 1.54) is 24.3 Å². The van der Waals surface area contributed by atoms with Crippen molar-refractivity contribution in [2.75, 3.05) is 20.8 Å². The Morgan fingerprint density at radius 2 is 1.74 bits per heavy atom. The van der Waals surface area contributed by atoms with E-state index in [-0.39, 0.29) is 5.82 Å². The van der Waals surface area contributed by atoms with Crippen molar-refractivity contribution in [3.05, 3.63) is 58.9 Å². The van der Waals surface area contributed by atoms with Crippen molar-refractivity contribution in [2.24, 2.45) is 0 Å². The monoisotopic (exact) mass is 315 g/mol. The van der Waals surface area contributed by atoms with E-state index in [1.807, 2.05) is 0 Å². The predicted octanol–water partition coefficient (Wildman–Crippen LogP) is 3.79. The van der Waals surface area contributed by atoms with Gasteiger partial charge in [0, 0.05) is 24.7 Å². The molecule has 0 aromatic heterocycles. The molecule has 23 heavy (non-hydrogen) atoms. The van der Waals surface area contributed by atoms with Crippen LogP contribution in [-0.4, -0.2) is 25.7 Å². The van der Waals surface area contributed by atoms with E-state index in [4.69, 9.17) is 9.47 Å². The Balaban J connectivity index is 1.82. The summed E-state index contributed by atoms with van der Waals surface area (Å²) in [6.07, 6.45) is 2.17. The van der Waals surface area contributed by atoms with Gasteiger partial charge in [0.05, 0.1) is 14.2 Å². The summed E-state index contributed by atoms with van der Waals surface area (Å²) in [4.78, 5) is 2.29. The van der Waals surface area contributed by atoms with Gasteiger partial charge in [0.2, 0.25) is 0 Å². The number of ether oxygens (including phenoxy) is 2. The van der Waals surface area contributed by atoms with Gasteiger partial charge < -0.3 is 9.47 Å². The Morgan fingerprint density at radius 1 is 1.04 bits per heavy atom. The molecule has 0 radical (unpaired) electrons. The Hall–Kier alpha value is -2.07. The molecule has 0 aliphatic carbocycles. The molecule has 1 aliphatic heterocycles. The number of rotatable bonds is 4. The molecule has 122 valence electrons. The van der Waals surface area contributed by atoms with Gasteiger partial charge in [0.1, 0.15) is 5.82 Å². The van der Waals surface area contributed by atoms with E-state index in [0.717, 1.165) is 25.9 Å². The van der Waals surface area contributed by atoms with Crippen molar-refractivity contribution in [3.8, 4) is 11.5 Å². The van der Waals surface area contributed by atoms with Crippen LogP contribution in [-0.2, 0) is 19.5 Å². The van der Waals surface area contributed by atoms with Crippen LogP contribution in [0.15, 0.2) is 36.4 Å². The highest BCUT2D eigenvalue weighted by molar-refractivity contribution is 5.43. The molecule has 0 unspecified atom stereocenters. The lowest BCUT2D eigenvalue weighted by Crippen LogP contribution is -2.23. The molecular formula is C19H22FNO2. The number of halogens is 1. The lowest BCUT2D eigenvalue weighted by atomic mass is 10.0. The molecule has 2 aromatic carbocycles. The first-order valence-corrected chi connectivity index (χ1v) is 7.91. The van der Waals surface area contributed by atoms with Crippen LogP contribution in [0.1, 0.15) is 23.1 Å². The second kappa shape index (κ2) is 7.01. The fourth-order valence-corrected chi connectivity index (χ4v) is 3.16. The van der Waals surface area contributed by atoms with Gasteiger partial charge in [-0.3, -0.25) is 4.90 Å². The Morgan fingerprint density at radius 3 is 2.48 bits per heavy atom. The average molecular weight is 315 g/mol. The maximum atomic E-state index is 14.3. The molecule has 2 aromatic rings. The van der Waals surface area contributed by atoms with Gasteiger partial charge in [-0.2, -0.15) is 0 Å². The number of hydrogen-bond donors (Lipinski definition) is 0. The minimum absolute atomic E-state index is 0.250. The second-order valence-corrected chi connectivity index (χ2v) is 5.88. The van der Waals surface area contributed by atoms with Crippen molar-refractivity contribution in [3.63, 3.8) is 0 Å². The zero-order valence-electron chi connectivity index (χ0n) is 13.6. The molecular weight excluding hydrogens is 293 g/mol. The van der Waals surface area contributed by atoms with Crippen LogP contribution >= 0.6 is 0 Å². The summed E-state index contributed by atoms with van der Waals surface area (Å²) in [5.41, 5.74) is 3.38. The van der Waals surface area contributed by atoms with Crippen LogP contribution in [0.2, 0.25) is 0 Å². The van der Waals surface area contributed by atoms with Crippen molar-refractivity contribution >= 4 is 0 Å².